The zero-order chi connectivity index (χ0) is 18.8. The molecule has 6 heteroatoms. The van der Waals surface area contributed by atoms with E-state index in [1.165, 1.54) is 10.1 Å². The average molecular weight is 364 g/mol. The van der Waals surface area contributed by atoms with E-state index in [2.05, 4.69) is 4.98 Å². The van der Waals surface area contributed by atoms with Gasteiger partial charge < -0.3 is 10.4 Å². The highest BCUT2D eigenvalue weighted by molar-refractivity contribution is 5.39. The van der Waals surface area contributed by atoms with Crippen molar-refractivity contribution in [1.29, 1.82) is 0 Å². The minimum atomic E-state index is -0.582. The molecule has 0 saturated heterocycles. The lowest BCUT2D eigenvalue weighted by atomic mass is 9.90. The van der Waals surface area contributed by atoms with Crippen molar-refractivity contribution in [3.63, 3.8) is 0 Å². The van der Waals surface area contributed by atoms with Crippen molar-refractivity contribution in [3.8, 4) is 5.88 Å². The Kier molecular flexibility index (Phi) is 4.64. The maximum Gasteiger partial charge on any atom is 0.331 e. The van der Waals surface area contributed by atoms with Crippen molar-refractivity contribution < 1.29 is 10.4 Å². The first kappa shape index (κ1) is 17.3. The topological polar surface area (TPSA) is 91.7 Å². The number of hydrogen-bond donors (Lipinski definition) is 3. The number of benzene rings is 2. The van der Waals surface area contributed by atoms with Gasteiger partial charge in [-0.1, -0.05) is 54.6 Å². The molecule has 138 valence electrons. The smallest absolute Gasteiger partial charge is 0.331 e. The van der Waals surface area contributed by atoms with E-state index in [0.717, 1.165) is 24.1 Å². The zero-order valence-electron chi connectivity index (χ0n) is 14.9. The van der Waals surface area contributed by atoms with Gasteiger partial charge in [-0.3, -0.25) is 14.3 Å². The second-order valence-corrected chi connectivity index (χ2v) is 6.83. The summed E-state index contributed by atoms with van der Waals surface area (Å²) in [5, 5.41) is 12.9. The standard InChI is InChI=1S/C21H21N3O3/c25-19-17(18-16-9-5-4-8-15(16)10-12-22-18)20(26)24(21(27)23-19)13-11-14-6-2-1-3-7-14/h1-9,18,22,26H,10-13H2,(H,23,25,27)/p+1/t18-/m1/s1. The number of nitrogens with zero attached hydrogens (tertiary/aromatic N) is 1. The lowest BCUT2D eigenvalue weighted by molar-refractivity contribution is -0.690. The number of nitrogens with one attached hydrogen (secondary N) is 1. The third kappa shape index (κ3) is 3.31. The van der Waals surface area contributed by atoms with Gasteiger partial charge >= 0.3 is 5.69 Å². The number of rotatable bonds is 4. The van der Waals surface area contributed by atoms with Gasteiger partial charge in [0.2, 0.25) is 5.88 Å². The maximum absolute atomic E-state index is 12.5. The van der Waals surface area contributed by atoms with Crippen LogP contribution < -0.4 is 16.6 Å². The Morgan fingerprint density at radius 1 is 1.07 bits per heavy atom. The highest BCUT2D eigenvalue weighted by Crippen LogP contribution is 2.27. The molecule has 6 nitrogen and oxygen atoms in total. The second kappa shape index (κ2) is 7.25. The number of H-pyrrole nitrogens is 1. The quantitative estimate of drug-likeness (QED) is 0.636. The van der Waals surface area contributed by atoms with Crippen LogP contribution in [-0.4, -0.2) is 21.2 Å². The summed E-state index contributed by atoms with van der Waals surface area (Å²) in [4.78, 5) is 27.2. The molecule has 0 fully saturated rings. The number of nitrogens with two attached hydrogens (primary N) is 1. The number of aromatic nitrogens is 2. The first-order valence-electron chi connectivity index (χ1n) is 9.16. The molecule has 0 bridgehead atoms. The predicted molar refractivity (Wildman–Crippen MR) is 102 cm³/mol. The van der Waals surface area contributed by atoms with Gasteiger partial charge in [-0.2, -0.15) is 0 Å². The minimum Gasteiger partial charge on any atom is -0.494 e. The van der Waals surface area contributed by atoms with Gasteiger partial charge in [0.25, 0.3) is 5.56 Å². The van der Waals surface area contributed by atoms with E-state index in [4.69, 9.17) is 0 Å². The number of aromatic hydroxyl groups is 1. The van der Waals surface area contributed by atoms with Gasteiger partial charge in [-0.05, 0) is 17.5 Å². The van der Waals surface area contributed by atoms with E-state index in [0.29, 0.717) is 13.0 Å². The summed E-state index contributed by atoms with van der Waals surface area (Å²) in [6.45, 7) is 1.12. The van der Waals surface area contributed by atoms with Crippen LogP contribution in [-0.2, 0) is 19.4 Å². The molecular weight excluding hydrogens is 342 g/mol. The molecule has 1 atom stereocenters. The van der Waals surface area contributed by atoms with Gasteiger partial charge in [-0.15, -0.1) is 0 Å². The van der Waals surface area contributed by atoms with Crippen LogP contribution in [0.5, 0.6) is 5.88 Å². The lowest BCUT2D eigenvalue weighted by Crippen LogP contribution is -2.87. The molecule has 1 aromatic heterocycles. The molecule has 0 saturated carbocycles. The molecule has 2 heterocycles. The van der Waals surface area contributed by atoms with Crippen molar-refractivity contribution >= 4 is 0 Å². The summed E-state index contributed by atoms with van der Waals surface area (Å²) >= 11 is 0. The fourth-order valence-corrected chi connectivity index (χ4v) is 3.82. The summed E-state index contributed by atoms with van der Waals surface area (Å²) in [6.07, 6.45) is 1.50. The van der Waals surface area contributed by atoms with Crippen molar-refractivity contribution in [2.45, 2.75) is 25.4 Å². The first-order valence-corrected chi connectivity index (χ1v) is 9.16. The molecule has 4 N–H and O–H groups in total. The van der Waals surface area contributed by atoms with Crippen LogP contribution in [0.25, 0.3) is 0 Å². The van der Waals surface area contributed by atoms with Gasteiger partial charge in [-0.25, -0.2) is 4.79 Å². The fraction of sp³-hybridized carbons (Fsp3) is 0.238. The van der Waals surface area contributed by atoms with E-state index < -0.39 is 11.2 Å². The molecule has 0 radical (unpaired) electrons. The molecule has 3 aromatic rings. The SMILES string of the molecule is O=c1[nH]c(=O)n(CCc2ccccc2)c(O)c1[C@@H]1[NH2+]CCc2ccccc21. The van der Waals surface area contributed by atoms with Crippen LogP contribution in [0.2, 0.25) is 0 Å². The Balaban J connectivity index is 1.74. The van der Waals surface area contributed by atoms with Crippen molar-refractivity contribution in [1.82, 2.24) is 9.55 Å². The molecule has 1 aliphatic rings. The summed E-state index contributed by atoms with van der Waals surface area (Å²) in [5.41, 5.74) is 2.39. The Hall–Kier alpha value is -3.12. The average Bonchev–Trinajstić information content (AvgIpc) is 2.68. The Bertz CT molecular complexity index is 1070. The summed E-state index contributed by atoms with van der Waals surface area (Å²) in [7, 11) is 0. The monoisotopic (exact) mass is 364 g/mol. The number of hydrogen-bond acceptors (Lipinski definition) is 3. The largest absolute Gasteiger partial charge is 0.494 e. The normalized spacial score (nSPS) is 16.1. The molecule has 0 spiro atoms. The molecule has 2 aromatic carbocycles. The van der Waals surface area contributed by atoms with Crippen molar-refractivity contribution in [3.05, 3.63) is 97.7 Å². The minimum absolute atomic E-state index is 0.238. The number of fused-ring (bicyclic) bond motifs is 1. The third-order valence-electron chi connectivity index (χ3n) is 5.19. The van der Waals surface area contributed by atoms with Crippen molar-refractivity contribution in [2.75, 3.05) is 6.54 Å². The number of aryl methyl sites for hydroxylation is 1. The van der Waals surface area contributed by atoms with Gasteiger partial charge in [0.15, 0.2) is 0 Å². The van der Waals surface area contributed by atoms with E-state index in [1.54, 1.807) is 0 Å². The molecule has 0 aliphatic carbocycles. The van der Waals surface area contributed by atoms with Crippen molar-refractivity contribution in [2.24, 2.45) is 0 Å². The number of quaternary nitrogens is 1. The van der Waals surface area contributed by atoms with Crippen LogP contribution in [0, 0.1) is 0 Å². The molecule has 27 heavy (non-hydrogen) atoms. The molecule has 4 rings (SSSR count). The van der Waals surface area contributed by atoms with Gasteiger partial charge in [0.1, 0.15) is 11.6 Å². The van der Waals surface area contributed by atoms with E-state index >= 15 is 0 Å². The van der Waals surface area contributed by atoms with Gasteiger partial charge in [0.05, 0.1) is 6.54 Å². The van der Waals surface area contributed by atoms with Crippen LogP contribution in [0.15, 0.2) is 64.2 Å². The fourth-order valence-electron chi connectivity index (χ4n) is 3.82. The Labute approximate surface area is 156 Å². The van der Waals surface area contributed by atoms with Crippen LogP contribution in [0.4, 0.5) is 0 Å². The third-order valence-corrected chi connectivity index (χ3v) is 5.19. The first-order chi connectivity index (χ1) is 13.1. The Morgan fingerprint density at radius 3 is 2.63 bits per heavy atom. The molecule has 0 unspecified atom stereocenters. The van der Waals surface area contributed by atoms with Crippen LogP contribution in [0.3, 0.4) is 0 Å². The summed E-state index contributed by atoms with van der Waals surface area (Å²) < 4.78 is 1.26. The molecule has 1 aliphatic heterocycles. The van der Waals surface area contributed by atoms with Crippen LogP contribution in [0.1, 0.15) is 28.3 Å². The van der Waals surface area contributed by atoms with E-state index in [-0.39, 0.29) is 17.5 Å². The van der Waals surface area contributed by atoms with E-state index in [1.807, 2.05) is 59.9 Å². The predicted octanol–water partition coefficient (Wildman–Crippen LogP) is 0.694. The zero-order valence-corrected chi connectivity index (χ0v) is 14.9. The van der Waals surface area contributed by atoms with Crippen LogP contribution >= 0.6 is 0 Å². The summed E-state index contributed by atoms with van der Waals surface area (Å²) in [5.74, 6) is -0.238. The Morgan fingerprint density at radius 2 is 1.81 bits per heavy atom. The highest BCUT2D eigenvalue weighted by Gasteiger charge is 2.31. The van der Waals surface area contributed by atoms with E-state index in [9.17, 15) is 14.7 Å². The summed E-state index contributed by atoms with van der Waals surface area (Å²) in [6, 6.07) is 17.4. The lowest BCUT2D eigenvalue weighted by Gasteiger charge is -2.24. The molecular formula is C21H22N3O3+. The maximum atomic E-state index is 12.5. The number of aromatic amines is 1. The second-order valence-electron chi connectivity index (χ2n) is 6.83. The highest BCUT2D eigenvalue weighted by atomic mass is 16.3. The molecule has 0 amide bonds. The van der Waals surface area contributed by atoms with Gasteiger partial charge in [0, 0.05) is 18.5 Å².